The van der Waals surface area contributed by atoms with E-state index in [0.29, 0.717) is 24.8 Å². The smallest absolute Gasteiger partial charge is 0.162 e. The zero-order valence-electron chi connectivity index (χ0n) is 10.9. The number of likely N-dealkylation sites (tertiary alicyclic amines) is 1. The van der Waals surface area contributed by atoms with Gasteiger partial charge in [0.15, 0.2) is 11.6 Å². The Morgan fingerprint density at radius 1 is 1.33 bits per heavy atom. The highest BCUT2D eigenvalue weighted by atomic mass is 19.2. The lowest BCUT2D eigenvalue weighted by atomic mass is 10.1. The minimum absolute atomic E-state index is 0.453. The van der Waals surface area contributed by atoms with E-state index in [1.165, 1.54) is 6.07 Å². The third kappa shape index (κ3) is 2.99. The van der Waals surface area contributed by atoms with Gasteiger partial charge >= 0.3 is 0 Å². The monoisotopic (exact) mass is 255 g/mol. The molecule has 4 heteroatoms. The molecular weight excluding hydrogens is 236 g/mol. The van der Waals surface area contributed by atoms with Crippen LogP contribution in [0.3, 0.4) is 0 Å². The molecule has 1 saturated heterocycles. The van der Waals surface area contributed by atoms with Crippen LogP contribution in [-0.4, -0.2) is 24.6 Å². The second-order valence-corrected chi connectivity index (χ2v) is 4.94. The lowest BCUT2D eigenvalue weighted by molar-refractivity contribution is 0.296. The molecule has 100 valence electrons. The van der Waals surface area contributed by atoms with E-state index in [-0.39, 0.29) is 0 Å². The topological polar surface area (TPSA) is 12.5 Å². The van der Waals surface area contributed by atoms with E-state index in [2.05, 4.69) is 11.8 Å². The summed E-state index contributed by atoms with van der Waals surface area (Å²) in [5.74, 6) is -0.528. The van der Waals surface area contributed by atoms with Crippen LogP contribution in [0.15, 0.2) is 12.1 Å². The van der Waals surface area contributed by atoms with Crippen LogP contribution in [0.2, 0.25) is 0 Å². The van der Waals surface area contributed by atoms with Crippen molar-refractivity contribution < 1.29 is 13.5 Å². The average Bonchev–Trinajstić information content (AvgIpc) is 2.71. The van der Waals surface area contributed by atoms with Crippen LogP contribution in [0.1, 0.15) is 25.8 Å². The number of nitrogens with zero attached hydrogens (tertiary/aromatic N) is 1. The zero-order chi connectivity index (χ0) is 13.1. The van der Waals surface area contributed by atoms with Crippen LogP contribution in [0, 0.1) is 17.6 Å². The molecule has 2 nitrogen and oxygen atoms in total. The molecule has 2 rings (SSSR count). The number of rotatable bonds is 4. The summed E-state index contributed by atoms with van der Waals surface area (Å²) in [6.45, 7) is 7.12. The van der Waals surface area contributed by atoms with Gasteiger partial charge in [-0.25, -0.2) is 8.78 Å². The Morgan fingerprint density at radius 2 is 2.06 bits per heavy atom. The number of ether oxygens (including phenoxy) is 1. The highest BCUT2D eigenvalue weighted by Crippen LogP contribution is 2.26. The maximum absolute atomic E-state index is 13.3. The van der Waals surface area contributed by atoms with Gasteiger partial charge in [-0.2, -0.15) is 0 Å². The molecule has 0 unspecified atom stereocenters. The Balaban J connectivity index is 2.17. The molecule has 0 spiro atoms. The second kappa shape index (κ2) is 5.65. The van der Waals surface area contributed by atoms with E-state index in [0.717, 1.165) is 31.1 Å². The molecule has 1 aromatic rings. The third-order valence-corrected chi connectivity index (χ3v) is 3.31. The Morgan fingerprint density at radius 3 is 2.67 bits per heavy atom. The molecule has 0 amide bonds. The highest BCUT2D eigenvalue weighted by molar-refractivity contribution is 5.35. The first-order valence-corrected chi connectivity index (χ1v) is 6.43. The fourth-order valence-corrected chi connectivity index (χ4v) is 2.39. The fourth-order valence-electron chi connectivity index (χ4n) is 2.39. The molecule has 0 aliphatic carbocycles. The molecule has 18 heavy (non-hydrogen) atoms. The highest BCUT2D eigenvalue weighted by Gasteiger charge is 2.20. The molecule has 0 aromatic heterocycles. The largest absolute Gasteiger partial charge is 0.493 e. The Bertz CT molecular complexity index is 423. The van der Waals surface area contributed by atoms with Crippen molar-refractivity contribution in [1.82, 2.24) is 4.90 Å². The summed E-state index contributed by atoms with van der Waals surface area (Å²) in [7, 11) is 0. The maximum Gasteiger partial charge on any atom is 0.162 e. The number of hydrogen-bond acceptors (Lipinski definition) is 2. The van der Waals surface area contributed by atoms with Gasteiger partial charge in [-0.15, -0.1) is 0 Å². The first-order valence-electron chi connectivity index (χ1n) is 6.43. The minimum atomic E-state index is -0.850. The number of halogens is 2. The minimum Gasteiger partial charge on any atom is -0.493 e. The Hall–Kier alpha value is -1.16. The van der Waals surface area contributed by atoms with Crippen molar-refractivity contribution >= 4 is 0 Å². The molecule has 0 saturated carbocycles. The quantitative estimate of drug-likeness (QED) is 0.819. The summed E-state index contributed by atoms with van der Waals surface area (Å²) in [5.41, 5.74) is 0.727. The molecular formula is C14H19F2NO. The van der Waals surface area contributed by atoms with E-state index < -0.39 is 11.6 Å². The predicted molar refractivity (Wildman–Crippen MR) is 66.6 cm³/mol. The van der Waals surface area contributed by atoms with E-state index in [4.69, 9.17) is 4.74 Å². The summed E-state index contributed by atoms with van der Waals surface area (Å²) in [6.07, 6.45) is 1.16. The van der Waals surface area contributed by atoms with Gasteiger partial charge < -0.3 is 4.74 Å². The van der Waals surface area contributed by atoms with Gasteiger partial charge in [-0.05, 0) is 31.9 Å². The Kier molecular flexibility index (Phi) is 4.17. The Labute approximate surface area is 107 Å². The summed E-state index contributed by atoms with van der Waals surface area (Å²) in [6, 6.07) is 2.40. The van der Waals surface area contributed by atoms with E-state index in [1.807, 2.05) is 6.92 Å². The molecule has 0 N–H and O–H groups in total. The number of benzene rings is 1. The average molecular weight is 255 g/mol. The van der Waals surface area contributed by atoms with Gasteiger partial charge in [0.05, 0.1) is 6.61 Å². The van der Waals surface area contributed by atoms with Crippen LogP contribution in [0.4, 0.5) is 8.78 Å². The van der Waals surface area contributed by atoms with Crippen molar-refractivity contribution in [1.29, 1.82) is 0 Å². The van der Waals surface area contributed by atoms with Crippen molar-refractivity contribution in [2.45, 2.75) is 26.8 Å². The summed E-state index contributed by atoms with van der Waals surface area (Å²) >= 11 is 0. The van der Waals surface area contributed by atoms with Gasteiger partial charge in [-0.1, -0.05) is 6.92 Å². The summed E-state index contributed by atoms with van der Waals surface area (Å²) in [4.78, 5) is 2.25. The van der Waals surface area contributed by atoms with Crippen molar-refractivity contribution in [3.8, 4) is 5.75 Å². The normalized spacial score (nSPS) is 20.3. The number of hydrogen-bond donors (Lipinski definition) is 0. The molecule has 1 heterocycles. The SMILES string of the molecule is CCOc1cc(F)c(F)cc1CN1CC[C@H](C)C1. The van der Waals surface area contributed by atoms with E-state index >= 15 is 0 Å². The first kappa shape index (κ1) is 13.3. The van der Waals surface area contributed by atoms with Crippen LogP contribution in [-0.2, 0) is 6.54 Å². The lowest BCUT2D eigenvalue weighted by Gasteiger charge is -2.18. The molecule has 1 aliphatic heterocycles. The van der Waals surface area contributed by atoms with E-state index in [9.17, 15) is 8.78 Å². The van der Waals surface area contributed by atoms with Crippen LogP contribution >= 0.6 is 0 Å². The molecule has 1 aliphatic rings. The maximum atomic E-state index is 13.3. The van der Waals surface area contributed by atoms with E-state index in [1.54, 1.807) is 0 Å². The first-order chi connectivity index (χ1) is 8.60. The molecule has 0 bridgehead atoms. The van der Waals surface area contributed by atoms with Crippen molar-refractivity contribution in [2.24, 2.45) is 5.92 Å². The van der Waals surface area contributed by atoms with Crippen LogP contribution in [0.25, 0.3) is 0 Å². The van der Waals surface area contributed by atoms with Gasteiger partial charge in [0.2, 0.25) is 0 Å². The standard InChI is InChI=1S/C14H19F2NO/c1-3-18-14-7-13(16)12(15)6-11(14)9-17-5-4-10(2)8-17/h6-7,10H,3-5,8-9H2,1-2H3/t10-/m0/s1. The zero-order valence-corrected chi connectivity index (χ0v) is 10.9. The molecule has 0 radical (unpaired) electrons. The predicted octanol–water partition coefficient (Wildman–Crippen LogP) is 3.21. The van der Waals surface area contributed by atoms with Crippen LogP contribution < -0.4 is 4.74 Å². The third-order valence-electron chi connectivity index (χ3n) is 3.31. The van der Waals surface area contributed by atoms with Crippen molar-refractivity contribution in [3.63, 3.8) is 0 Å². The van der Waals surface area contributed by atoms with Crippen molar-refractivity contribution in [3.05, 3.63) is 29.3 Å². The fraction of sp³-hybridized carbons (Fsp3) is 0.571. The summed E-state index contributed by atoms with van der Waals surface area (Å²) in [5, 5.41) is 0. The van der Waals surface area contributed by atoms with Crippen LogP contribution in [0.5, 0.6) is 5.75 Å². The molecule has 1 aromatic carbocycles. The molecule has 1 fully saturated rings. The summed E-state index contributed by atoms with van der Waals surface area (Å²) < 4.78 is 31.9. The van der Waals surface area contributed by atoms with Gasteiger partial charge in [-0.3, -0.25) is 4.90 Å². The molecule has 1 atom stereocenters. The lowest BCUT2D eigenvalue weighted by Crippen LogP contribution is -2.20. The van der Waals surface area contributed by atoms with Gasteiger partial charge in [0.1, 0.15) is 5.75 Å². The van der Waals surface area contributed by atoms with Gasteiger partial charge in [0, 0.05) is 24.7 Å². The second-order valence-electron chi connectivity index (χ2n) is 4.94. The van der Waals surface area contributed by atoms with Crippen molar-refractivity contribution in [2.75, 3.05) is 19.7 Å². The van der Waals surface area contributed by atoms with Gasteiger partial charge in [0.25, 0.3) is 0 Å².